The van der Waals surface area contributed by atoms with Crippen LogP contribution in [0.1, 0.15) is 145 Å². The van der Waals surface area contributed by atoms with Gasteiger partial charge < -0.3 is 25.4 Å². The van der Waals surface area contributed by atoms with E-state index in [0.717, 1.165) is 74.0 Å². The van der Waals surface area contributed by atoms with E-state index in [-0.39, 0.29) is 70.2 Å². The molecule has 4 atom stereocenters. The SMILES string of the molecule is COc1cc(C(C)(C)CCCCCCN=[N+]=[N-])cc(OC)c1[C@H]1C=C(CNC(=O)CCCCCCNC(=O)c2ccc(S(=O)(=O)N(CC#N)C(=O)CCCNC(=O)C3C=C3C)cc2)[C@H]2C[C@@H]1C2(C)C. The van der Waals surface area contributed by atoms with Crippen molar-refractivity contribution < 1.29 is 37.1 Å². The zero-order chi connectivity index (χ0) is 50.4. The van der Waals surface area contributed by atoms with Crippen LogP contribution < -0.4 is 25.4 Å². The topological polar surface area (TPSA) is 233 Å². The predicted molar refractivity (Wildman–Crippen MR) is 265 cm³/mol. The molecule has 17 heteroatoms. The minimum atomic E-state index is -4.36. The first-order chi connectivity index (χ1) is 32.9. The Labute approximate surface area is 408 Å². The van der Waals surface area contributed by atoms with Gasteiger partial charge in [0, 0.05) is 61.0 Å². The van der Waals surface area contributed by atoms with Crippen LogP contribution in [0.15, 0.2) is 69.7 Å². The summed E-state index contributed by atoms with van der Waals surface area (Å²) in [4.78, 5) is 53.4. The lowest BCUT2D eigenvalue weighted by molar-refractivity contribution is -0.126. The molecule has 4 amide bonds. The number of nitriles is 1. The lowest BCUT2D eigenvalue weighted by Crippen LogP contribution is -2.52. The van der Waals surface area contributed by atoms with Crippen molar-refractivity contribution in [3.8, 4) is 17.6 Å². The van der Waals surface area contributed by atoms with Gasteiger partial charge in [-0.2, -0.15) is 5.26 Å². The van der Waals surface area contributed by atoms with Gasteiger partial charge >= 0.3 is 0 Å². The molecular weight excluding hydrogens is 897 g/mol. The van der Waals surface area contributed by atoms with Gasteiger partial charge in [0.1, 0.15) is 18.0 Å². The number of amides is 4. The maximum atomic E-state index is 13.3. The van der Waals surface area contributed by atoms with E-state index in [0.29, 0.717) is 55.0 Å². The summed E-state index contributed by atoms with van der Waals surface area (Å²) in [5.74, 6) is 1.01. The van der Waals surface area contributed by atoms with Crippen LogP contribution in [0.2, 0.25) is 0 Å². The number of sulfonamides is 1. The molecule has 1 unspecified atom stereocenters. The van der Waals surface area contributed by atoms with E-state index >= 15 is 0 Å². The van der Waals surface area contributed by atoms with Gasteiger partial charge in [-0.1, -0.05) is 88.2 Å². The summed E-state index contributed by atoms with van der Waals surface area (Å²) >= 11 is 0. The third kappa shape index (κ3) is 13.9. The smallest absolute Gasteiger partial charge is 0.267 e. The summed E-state index contributed by atoms with van der Waals surface area (Å²) in [6.45, 7) is 12.0. The second-order valence-corrected chi connectivity index (χ2v) is 21.7. The molecule has 3 N–H and O–H groups in total. The number of ether oxygens (including phenoxy) is 2. The van der Waals surface area contributed by atoms with Crippen LogP contribution in [0.25, 0.3) is 10.4 Å². The molecule has 1 saturated carbocycles. The fourth-order valence-corrected chi connectivity index (χ4v) is 11.2. The second kappa shape index (κ2) is 24.6. The van der Waals surface area contributed by atoms with E-state index in [2.05, 4.69) is 71.9 Å². The maximum Gasteiger partial charge on any atom is 0.267 e. The van der Waals surface area contributed by atoms with Crippen LogP contribution >= 0.6 is 0 Å². The Hall–Kier alpha value is -5.85. The minimum absolute atomic E-state index is 0.00476. The average Bonchev–Trinajstić information content (AvgIpc) is 4.08. The lowest BCUT2D eigenvalue weighted by Gasteiger charge is -2.59. The monoisotopic (exact) mass is 969 g/mol. The average molecular weight is 969 g/mol. The molecule has 2 aromatic rings. The summed E-state index contributed by atoms with van der Waals surface area (Å²) in [6.07, 6.45) is 13.7. The van der Waals surface area contributed by atoms with Crippen LogP contribution in [-0.4, -0.2) is 83.3 Å². The standard InChI is InChI=1S/C52H72N8O8S/c1-35-29-40(35)50(64)56-26-16-18-47(62)60(28-24-53)69(65,66)39-21-19-36(20-22-39)49(63)55-25-14-10-8-12-17-46(61)57-34-37-30-41(43-33-42(37)52(43,4)5)48-44(67-6)31-38(32-45(48)68-7)51(2,3)23-13-9-11-15-27-58-59-54/h19-22,29-32,40-43H,8-18,23,25-28,33-34H2,1-7H3,(H,55,63)(H,56,64)(H,57,61)/t40?,41-,42+,43-/m0/s1. The Bertz CT molecular complexity index is 2410. The normalized spacial score (nSPS) is 18.8. The van der Waals surface area contributed by atoms with E-state index in [9.17, 15) is 32.9 Å². The van der Waals surface area contributed by atoms with Gasteiger partial charge in [0.25, 0.3) is 15.9 Å². The van der Waals surface area contributed by atoms with Gasteiger partial charge in [-0.25, -0.2) is 12.7 Å². The number of methoxy groups -OCH3 is 2. The largest absolute Gasteiger partial charge is 0.496 e. The predicted octanol–water partition coefficient (Wildman–Crippen LogP) is 8.94. The molecule has 0 saturated heterocycles. The fourth-order valence-electron chi connectivity index (χ4n) is 9.89. The number of benzene rings is 2. The van der Waals surface area contributed by atoms with Gasteiger partial charge in [-0.3, -0.25) is 19.2 Å². The number of fused-ring (bicyclic) bond motifs is 1. The molecule has 0 aromatic heterocycles. The van der Waals surface area contributed by atoms with Gasteiger partial charge in [-0.15, -0.1) is 0 Å². The van der Waals surface area contributed by atoms with Crippen molar-refractivity contribution in [3.05, 3.63) is 86.8 Å². The molecule has 2 aromatic carbocycles. The Kier molecular flexibility index (Phi) is 19.3. The summed E-state index contributed by atoms with van der Waals surface area (Å²) in [5.41, 5.74) is 13.2. The van der Waals surface area contributed by atoms with Gasteiger partial charge in [-0.05, 0) is 116 Å². The molecular formula is C52H72N8O8S. The molecule has 6 rings (SSSR count). The van der Waals surface area contributed by atoms with Crippen molar-refractivity contribution >= 4 is 33.7 Å². The zero-order valence-electron chi connectivity index (χ0n) is 41.6. The van der Waals surface area contributed by atoms with Gasteiger partial charge in [0.2, 0.25) is 17.7 Å². The summed E-state index contributed by atoms with van der Waals surface area (Å²) in [6, 6.07) is 11.3. The molecule has 374 valence electrons. The highest BCUT2D eigenvalue weighted by molar-refractivity contribution is 7.89. The Balaban J connectivity index is 1.04. The van der Waals surface area contributed by atoms with E-state index < -0.39 is 22.5 Å². The highest BCUT2D eigenvalue weighted by Crippen LogP contribution is 2.65. The fraction of sp³-hybridized carbons (Fsp3) is 0.596. The Morgan fingerprint density at radius 3 is 2.16 bits per heavy atom. The third-order valence-electron chi connectivity index (χ3n) is 14.4. The molecule has 0 spiro atoms. The quantitative estimate of drug-likeness (QED) is 0.0176. The third-order valence-corrected chi connectivity index (χ3v) is 16.2. The van der Waals surface area contributed by atoms with Gasteiger partial charge in [0.15, 0.2) is 0 Å². The van der Waals surface area contributed by atoms with Crippen LogP contribution in [0.3, 0.4) is 0 Å². The molecule has 0 radical (unpaired) electrons. The number of rotatable bonds is 29. The number of hydrogen-bond donors (Lipinski definition) is 3. The first-order valence-electron chi connectivity index (χ1n) is 24.4. The van der Waals surface area contributed by atoms with Crippen LogP contribution in [0, 0.1) is 34.5 Å². The van der Waals surface area contributed by atoms with Crippen LogP contribution in [-0.2, 0) is 29.8 Å². The Morgan fingerprint density at radius 2 is 1.54 bits per heavy atom. The maximum absolute atomic E-state index is 13.3. The highest BCUT2D eigenvalue weighted by Gasteiger charge is 2.56. The molecule has 16 nitrogen and oxygen atoms in total. The summed E-state index contributed by atoms with van der Waals surface area (Å²) < 4.78 is 39.4. The highest BCUT2D eigenvalue weighted by atomic mass is 32.2. The number of nitrogens with zero attached hydrogens (tertiary/aromatic N) is 5. The van der Waals surface area contributed by atoms with Crippen LogP contribution in [0.4, 0.5) is 0 Å². The van der Waals surface area contributed by atoms with E-state index in [1.807, 2.05) is 13.0 Å². The zero-order valence-corrected chi connectivity index (χ0v) is 42.4. The number of carbonyl (C=O) groups excluding carboxylic acids is 4. The molecule has 0 aliphatic heterocycles. The van der Waals surface area contributed by atoms with Crippen molar-refractivity contribution in [1.29, 1.82) is 5.26 Å². The van der Waals surface area contributed by atoms with E-state index in [1.165, 1.54) is 35.4 Å². The minimum Gasteiger partial charge on any atom is -0.496 e. The number of allylic oxidation sites excluding steroid dienone is 1. The number of hydrogen-bond acceptors (Lipinski definition) is 10. The van der Waals surface area contributed by atoms with Crippen molar-refractivity contribution in [1.82, 2.24) is 20.3 Å². The van der Waals surface area contributed by atoms with Crippen molar-refractivity contribution in [2.45, 2.75) is 134 Å². The number of azide groups is 1. The number of unbranched alkanes of at least 4 members (excludes halogenated alkanes) is 6. The van der Waals surface area contributed by atoms with Crippen molar-refractivity contribution in [2.24, 2.45) is 28.3 Å². The molecule has 2 bridgehead atoms. The second-order valence-electron chi connectivity index (χ2n) is 19.8. The van der Waals surface area contributed by atoms with Crippen LogP contribution in [0.5, 0.6) is 11.5 Å². The van der Waals surface area contributed by atoms with E-state index in [4.69, 9.17) is 15.0 Å². The molecule has 0 heterocycles. The lowest BCUT2D eigenvalue weighted by atomic mass is 9.45. The molecule has 69 heavy (non-hydrogen) atoms. The molecule has 1 fully saturated rings. The number of nitrogens with one attached hydrogen (secondary N) is 3. The summed E-state index contributed by atoms with van der Waals surface area (Å²) in [7, 11) is -0.915. The van der Waals surface area contributed by atoms with Crippen molar-refractivity contribution in [3.63, 3.8) is 0 Å². The first-order valence-corrected chi connectivity index (χ1v) is 25.9. The number of carbonyl (C=O) groups is 4. The Morgan fingerprint density at radius 1 is 0.899 bits per heavy atom. The molecule has 4 aliphatic rings. The first kappa shape index (κ1) is 54.1. The molecule has 4 aliphatic carbocycles. The van der Waals surface area contributed by atoms with Gasteiger partial charge in [0.05, 0.1) is 31.1 Å². The van der Waals surface area contributed by atoms with Crippen molar-refractivity contribution in [2.75, 3.05) is 46.9 Å². The summed E-state index contributed by atoms with van der Waals surface area (Å²) in [5, 5.41) is 21.7. The van der Waals surface area contributed by atoms with E-state index in [1.54, 1.807) is 20.3 Å².